The molecule has 3 aromatic carbocycles. The SMILES string of the molecule is COc1ccc(C(=O)Nc2ccc(NC(=O)c3ccc(Br)cc3)cc2)cc1[N+](=O)[O-]. The Bertz CT molecular complexity index is 1100. The second kappa shape index (κ2) is 9.19. The second-order valence-electron chi connectivity index (χ2n) is 6.14. The minimum absolute atomic E-state index is 0.0717. The van der Waals surface area contributed by atoms with Crippen LogP contribution in [-0.4, -0.2) is 23.8 Å². The Morgan fingerprint density at radius 2 is 1.37 bits per heavy atom. The second-order valence-corrected chi connectivity index (χ2v) is 7.05. The minimum Gasteiger partial charge on any atom is -0.490 e. The maximum atomic E-state index is 12.4. The summed E-state index contributed by atoms with van der Waals surface area (Å²) in [5.41, 5.74) is 1.36. The van der Waals surface area contributed by atoms with E-state index in [4.69, 9.17) is 4.74 Å². The van der Waals surface area contributed by atoms with Crippen molar-refractivity contribution in [3.63, 3.8) is 0 Å². The lowest BCUT2D eigenvalue weighted by Crippen LogP contribution is -2.13. The molecular formula is C21H16BrN3O5. The third kappa shape index (κ3) is 5.00. The molecule has 0 radical (unpaired) electrons. The molecule has 0 unspecified atom stereocenters. The highest BCUT2D eigenvalue weighted by atomic mass is 79.9. The van der Waals surface area contributed by atoms with E-state index in [1.807, 2.05) is 0 Å². The van der Waals surface area contributed by atoms with Gasteiger partial charge in [0.15, 0.2) is 5.75 Å². The largest absolute Gasteiger partial charge is 0.490 e. The van der Waals surface area contributed by atoms with Crippen molar-refractivity contribution < 1.29 is 19.2 Å². The molecule has 0 aliphatic carbocycles. The molecule has 0 aromatic heterocycles. The lowest BCUT2D eigenvalue weighted by Gasteiger charge is -2.09. The number of rotatable bonds is 6. The molecule has 0 saturated heterocycles. The highest BCUT2D eigenvalue weighted by Crippen LogP contribution is 2.28. The number of hydrogen-bond acceptors (Lipinski definition) is 5. The molecule has 8 nitrogen and oxygen atoms in total. The number of halogens is 1. The lowest BCUT2D eigenvalue weighted by molar-refractivity contribution is -0.385. The summed E-state index contributed by atoms with van der Waals surface area (Å²) < 4.78 is 5.81. The number of methoxy groups -OCH3 is 1. The number of anilines is 2. The molecule has 3 aromatic rings. The molecule has 0 aliphatic heterocycles. The molecule has 0 aliphatic rings. The van der Waals surface area contributed by atoms with E-state index >= 15 is 0 Å². The summed E-state index contributed by atoms with van der Waals surface area (Å²) in [6.07, 6.45) is 0. The first-order valence-electron chi connectivity index (χ1n) is 8.68. The number of ether oxygens (including phenoxy) is 1. The van der Waals surface area contributed by atoms with Gasteiger partial charge in [-0.1, -0.05) is 15.9 Å². The van der Waals surface area contributed by atoms with Gasteiger partial charge in [0.2, 0.25) is 0 Å². The monoisotopic (exact) mass is 469 g/mol. The van der Waals surface area contributed by atoms with Crippen molar-refractivity contribution in [1.82, 2.24) is 0 Å². The predicted octanol–water partition coefficient (Wildman–Crippen LogP) is 4.87. The highest BCUT2D eigenvalue weighted by Gasteiger charge is 2.18. The van der Waals surface area contributed by atoms with E-state index in [0.717, 1.165) is 10.5 Å². The van der Waals surface area contributed by atoms with E-state index in [2.05, 4.69) is 26.6 Å². The van der Waals surface area contributed by atoms with E-state index in [1.165, 1.54) is 19.2 Å². The first kappa shape index (κ1) is 21.0. The standard InChI is InChI=1S/C21H16BrN3O5/c1-30-19-11-4-14(12-18(19)25(28)29)21(27)24-17-9-7-16(8-10-17)23-20(26)13-2-5-15(22)6-3-13/h2-12H,1H3,(H,23,26)(H,24,27). The third-order valence-electron chi connectivity index (χ3n) is 4.14. The molecule has 0 spiro atoms. The normalized spacial score (nSPS) is 10.2. The van der Waals surface area contributed by atoms with E-state index < -0.39 is 10.8 Å². The highest BCUT2D eigenvalue weighted by molar-refractivity contribution is 9.10. The number of nitro groups is 1. The molecule has 0 heterocycles. The van der Waals surface area contributed by atoms with Crippen molar-refractivity contribution >= 4 is 44.8 Å². The van der Waals surface area contributed by atoms with Gasteiger partial charge < -0.3 is 15.4 Å². The lowest BCUT2D eigenvalue weighted by atomic mass is 10.1. The molecule has 0 atom stereocenters. The number of nitro benzene ring substituents is 1. The summed E-state index contributed by atoms with van der Waals surface area (Å²) in [7, 11) is 1.32. The Kier molecular flexibility index (Phi) is 6.43. The first-order valence-corrected chi connectivity index (χ1v) is 9.47. The molecule has 0 saturated carbocycles. The molecule has 2 amide bonds. The van der Waals surface area contributed by atoms with Crippen molar-refractivity contribution in [3.8, 4) is 5.75 Å². The van der Waals surface area contributed by atoms with Gasteiger partial charge in [0, 0.05) is 33.0 Å². The van der Waals surface area contributed by atoms with Crippen molar-refractivity contribution in [1.29, 1.82) is 0 Å². The van der Waals surface area contributed by atoms with Gasteiger partial charge in [0.25, 0.3) is 11.8 Å². The van der Waals surface area contributed by atoms with Gasteiger partial charge >= 0.3 is 5.69 Å². The van der Waals surface area contributed by atoms with Crippen molar-refractivity contribution in [2.75, 3.05) is 17.7 Å². The van der Waals surface area contributed by atoms with Crippen LogP contribution in [0.1, 0.15) is 20.7 Å². The molecule has 9 heteroatoms. The zero-order chi connectivity index (χ0) is 21.7. The summed E-state index contributed by atoms with van der Waals surface area (Å²) in [5.74, 6) is -0.695. The topological polar surface area (TPSA) is 111 Å². The zero-order valence-corrected chi connectivity index (χ0v) is 17.3. The van der Waals surface area contributed by atoms with Gasteiger partial charge in [0.05, 0.1) is 12.0 Å². The number of nitrogens with one attached hydrogen (secondary N) is 2. The zero-order valence-electron chi connectivity index (χ0n) is 15.7. The van der Waals surface area contributed by atoms with Crippen LogP contribution in [0.5, 0.6) is 5.75 Å². The maximum Gasteiger partial charge on any atom is 0.311 e. The molecule has 3 rings (SSSR count). The van der Waals surface area contributed by atoms with Gasteiger partial charge in [0.1, 0.15) is 0 Å². The molecule has 0 fully saturated rings. The Balaban J connectivity index is 1.67. The molecule has 30 heavy (non-hydrogen) atoms. The number of carbonyl (C=O) groups is 2. The molecular weight excluding hydrogens is 454 g/mol. The van der Waals surface area contributed by atoms with Crippen LogP contribution in [0.2, 0.25) is 0 Å². The Labute approximate surface area is 180 Å². The summed E-state index contributed by atoms with van der Waals surface area (Å²) in [4.78, 5) is 35.2. The van der Waals surface area contributed by atoms with Gasteiger partial charge in [-0.25, -0.2) is 0 Å². The third-order valence-corrected chi connectivity index (χ3v) is 4.67. The van der Waals surface area contributed by atoms with Crippen molar-refractivity contribution in [2.45, 2.75) is 0 Å². The number of hydrogen-bond donors (Lipinski definition) is 2. The fourth-order valence-corrected chi connectivity index (χ4v) is 2.88. The number of amides is 2. The van der Waals surface area contributed by atoms with E-state index in [9.17, 15) is 19.7 Å². The van der Waals surface area contributed by atoms with Crippen LogP contribution >= 0.6 is 15.9 Å². The maximum absolute atomic E-state index is 12.4. The summed E-state index contributed by atoms with van der Waals surface area (Å²) >= 11 is 3.32. The Morgan fingerprint density at radius 3 is 1.87 bits per heavy atom. The van der Waals surface area contributed by atoms with Crippen molar-refractivity contribution in [3.05, 3.63) is 92.4 Å². The first-order chi connectivity index (χ1) is 14.4. The van der Waals surface area contributed by atoms with Crippen LogP contribution in [0, 0.1) is 10.1 Å². The number of carbonyl (C=O) groups excluding carboxylic acids is 2. The Hall–Kier alpha value is -3.72. The van der Waals surface area contributed by atoms with Crippen LogP contribution in [0.15, 0.2) is 71.2 Å². The molecule has 2 N–H and O–H groups in total. The van der Waals surface area contributed by atoms with Crippen LogP contribution in [0.4, 0.5) is 17.1 Å². The van der Waals surface area contributed by atoms with Gasteiger partial charge in [-0.3, -0.25) is 19.7 Å². The van der Waals surface area contributed by atoms with Crippen LogP contribution in [0.25, 0.3) is 0 Å². The molecule has 152 valence electrons. The van der Waals surface area contributed by atoms with E-state index in [1.54, 1.807) is 48.5 Å². The fourth-order valence-electron chi connectivity index (χ4n) is 2.62. The van der Waals surface area contributed by atoms with Gasteiger partial charge in [-0.05, 0) is 60.7 Å². The summed E-state index contributed by atoms with van der Waals surface area (Å²) in [6.45, 7) is 0. The Morgan fingerprint density at radius 1 is 0.867 bits per heavy atom. The van der Waals surface area contributed by atoms with E-state index in [-0.39, 0.29) is 22.9 Å². The van der Waals surface area contributed by atoms with Crippen molar-refractivity contribution in [2.24, 2.45) is 0 Å². The smallest absolute Gasteiger partial charge is 0.311 e. The number of benzene rings is 3. The summed E-state index contributed by atoms with van der Waals surface area (Å²) in [5, 5.41) is 16.5. The van der Waals surface area contributed by atoms with Crippen LogP contribution in [0.3, 0.4) is 0 Å². The predicted molar refractivity (Wildman–Crippen MR) is 116 cm³/mol. The van der Waals surface area contributed by atoms with Gasteiger partial charge in [-0.2, -0.15) is 0 Å². The fraction of sp³-hybridized carbons (Fsp3) is 0.0476. The van der Waals surface area contributed by atoms with E-state index in [0.29, 0.717) is 16.9 Å². The average molecular weight is 470 g/mol. The van der Waals surface area contributed by atoms with Crippen LogP contribution < -0.4 is 15.4 Å². The van der Waals surface area contributed by atoms with Gasteiger partial charge in [-0.15, -0.1) is 0 Å². The average Bonchev–Trinajstić information content (AvgIpc) is 2.75. The molecule has 0 bridgehead atoms. The summed E-state index contributed by atoms with van der Waals surface area (Å²) in [6, 6.07) is 17.4. The minimum atomic E-state index is -0.613. The number of nitrogens with zero attached hydrogens (tertiary/aromatic N) is 1. The van der Waals surface area contributed by atoms with Crippen LogP contribution in [-0.2, 0) is 0 Å². The quantitative estimate of drug-likeness (QED) is 0.395.